The fourth-order valence-electron chi connectivity index (χ4n) is 1.71. The number of amides is 1. The van der Waals surface area contributed by atoms with Crippen LogP contribution in [-0.4, -0.2) is 23.2 Å². The molecule has 0 spiro atoms. The molecule has 0 saturated heterocycles. The van der Waals surface area contributed by atoms with Gasteiger partial charge in [0.2, 0.25) is 0 Å². The molecule has 100 valence electrons. The first-order valence-corrected chi connectivity index (χ1v) is 6.70. The largest absolute Gasteiger partial charge is 0.399 e. The van der Waals surface area contributed by atoms with Gasteiger partial charge in [-0.3, -0.25) is 4.79 Å². The lowest BCUT2D eigenvalue weighted by Crippen LogP contribution is -2.40. The van der Waals surface area contributed by atoms with E-state index < -0.39 is 5.60 Å². The van der Waals surface area contributed by atoms with Crippen LogP contribution < -0.4 is 11.1 Å². The van der Waals surface area contributed by atoms with Gasteiger partial charge in [-0.05, 0) is 47.5 Å². The van der Waals surface area contributed by atoms with Crippen LogP contribution >= 0.6 is 15.9 Å². The molecule has 1 atom stereocenters. The zero-order chi connectivity index (χ0) is 13.8. The predicted molar refractivity (Wildman–Crippen MR) is 76.4 cm³/mol. The molecule has 0 radical (unpaired) electrons. The van der Waals surface area contributed by atoms with E-state index in [1.807, 2.05) is 6.92 Å². The minimum absolute atomic E-state index is 0.223. The maximum absolute atomic E-state index is 12.0. The summed E-state index contributed by atoms with van der Waals surface area (Å²) in [6, 6.07) is 5.05. The van der Waals surface area contributed by atoms with E-state index in [1.165, 1.54) is 0 Å². The Morgan fingerprint density at radius 1 is 1.56 bits per heavy atom. The van der Waals surface area contributed by atoms with Crippen LogP contribution in [-0.2, 0) is 0 Å². The van der Waals surface area contributed by atoms with E-state index in [4.69, 9.17) is 5.73 Å². The summed E-state index contributed by atoms with van der Waals surface area (Å²) in [5, 5.41) is 12.7. The Morgan fingerprint density at radius 3 is 2.83 bits per heavy atom. The lowest BCUT2D eigenvalue weighted by Gasteiger charge is -2.23. The molecule has 1 aromatic rings. The molecule has 1 aromatic carbocycles. The highest BCUT2D eigenvalue weighted by Crippen LogP contribution is 2.19. The fourth-order valence-corrected chi connectivity index (χ4v) is 2.14. The number of hydrogen-bond donors (Lipinski definition) is 3. The van der Waals surface area contributed by atoms with Crippen LogP contribution in [0.25, 0.3) is 0 Å². The highest BCUT2D eigenvalue weighted by atomic mass is 79.9. The normalized spacial score (nSPS) is 14.0. The maximum atomic E-state index is 12.0. The van der Waals surface area contributed by atoms with Gasteiger partial charge in [-0.1, -0.05) is 13.3 Å². The molecule has 0 aliphatic heterocycles. The third kappa shape index (κ3) is 4.31. The zero-order valence-corrected chi connectivity index (χ0v) is 12.3. The van der Waals surface area contributed by atoms with Gasteiger partial charge in [0.05, 0.1) is 11.2 Å². The Morgan fingerprint density at radius 2 is 2.22 bits per heavy atom. The second-order valence-electron chi connectivity index (χ2n) is 4.67. The number of rotatable bonds is 5. The molecular formula is C13H19BrN2O2. The molecule has 5 heteroatoms. The summed E-state index contributed by atoms with van der Waals surface area (Å²) < 4.78 is 0.685. The average Bonchev–Trinajstić information content (AvgIpc) is 2.29. The molecule has 0 saturated carbocycles. The molecule has 0 aliphatic carbocycles. The number of hydrogen-bond acceptors (Lipinski definition) is 3. The molecule has 0 aliphatic rings. The van der Waals surface area contributed by atoms with Gasteiger partial charge >= 0.3 is 0 Å². The third-order valence-corrected chi connectivity index (χ3v) is 3.34. The van der Waals surface area contributed by atoms with Crippen molar-refractivity contribution in [2.75, 3.05) is 12.3 Å². The van der Waals surface area contributed by atoms with E-state index in [0.29, 0.717) is 22.1 Å². The molecular weight excluding hydrogens is 296 g/mol. The number of carbonyl (C=O) groups excluding carboxylic acids is 1. The monoisotopic (exact) mass is 314 g/mol. The lowest BCUT2D eigenvalue weighted by molar-refractivity contribution is 0.0469. The second-order valence-corrected chi connectivity index (χ2v) is 5.52. The summed E-state index contributed by atoms with van der Waals surface area (Å²) in [6.07, 6.45) is 1.51. The molecule has 4 nitrogen and oxygen atoms in total. The quantitative estimate of drug-likeness (QED) is 0.730. The van der Waals surface area contributed by atoms with Gasteiger partial charge < -0.3 is 16.2 Å². The van der Waals surface area contributed by atoms with Gasteiger partial charge in [-0.15, -0.1) is 0 Å². The minimum Gasteiger partial charge on any atom is -0.399 e. The number of aliphatic hydroxyl groups is 1. The van der Waals surface area contributed by atoms with Crippen molar-refractivity contribution >= 4 is 27.5 Å². The Hall–Kier alpha value is -1.07. The number of halogens is 1. The van der Waals surface area contributed by atoms with Crippen molar-refractivity contribution in [3.05, 3.63) is 28.2 Å². The highest BCUT2D eigenvalue weighted by molar-refractivity contribution is 9.10. The molecule has 1 unspecified atom stereocenters. The van der Waals surface area contributed by atoms with Crippen molar-refractivity contribution in [1.82, 2.24) is 5.32 Å². The standard InChI is InChI=1S/C13H19BrN2O2/c1-3-6-13(2,18)8-16-12(17)10-7-9(15)4-5-11(10)14/h4-5,7,18H,3,6,8,15H2,1-2H3,(H,16,17). The molecule has 1 amide bonds. The van der Waals surface area contributed by atoms with Crippen LogP contribution in [0.15, 0.2) is 22.7 Å². The third-order valence-electron chi connectivity index (χ3n) is 2.65. The Kier molecular flexibility index (Phi) is 5.16. The second kappa shape index (κ2) is 6.20. The summed E-state index contributed by atoms with van der Waals surface area (Å²) in [5.74, 6) is -0.245. The Labute approximate surface area is 116 Å². The number of carbonyl (C=O) groups is 1. The SMILES string of the molecule is CCCC(C)(O)CNC(=O)c1cc(N)ccc1Br. The van der Waals surface area contributed by atoms with Crippen LogP contribution in [0.3, 0.4) is 0 Å². The van der Waals surface area contributed by atoms with Gasteiger partial charge in [0.25, 0.3) is 5.91 Å². The summed E-state index contributed by atoms with van der Waals surface area (Å²) >= 11 is 3.30. The van der Waals surface area contributed by atoms with Crippen molar-refractivity contribution in [2.24, 2.45) is 0 Å². The van der Waals surface area contributed by atoms with E-state index in [9.17, 15) is 9.90 Å². The van der Waals surface area contributed by atoms with Gasteiger partial charge in [0.1, 0.15) is 0 Å². The van der Waals surface area contributed by atoms with E-state index in [0.717, 1.165) is 6.42 Å². The van der Waals surface area contributed by atoms with E-state index >= 15 is 0 Å². The van der Waals surface area contributed by atoms with E-state index in [1.54, 1.807) is 25.1 Å². The first-order chi connectivity index (χ1) is 8.35. The highest BCUT2D eigenvalue weighted by Gasteiger charge is 2.20. The molecule has 1 rings (SSSR count). The van der Waals surface area contributed by atoms with Crippen molar-refractivity contribution in [3.8, 4) is 0 Å². The van der Waals surface area contributed by atoms with Gasteiger partial charge in [0, 0.05) is 16.7 Å². The van der Waals surface area contributed by atoms with Gasteiger partial charge in [0.15, 0.2) is 0 Å². The zero-order valence-electron chi connectivity index (χ0n) is 10.7. The van der Waals surface area contributed by atoms with Crippen LogP contribution in [0.4, 0.5) is 5.69 Å². The van der Waals surface area contributed by atoms with Crippen molar-refractivity contribution < 1.29 is 9.90 Å². The Bertz CT molecular complexity index is 433. The number of benzene rings is 1. The van der Waals surface area contributed by atoms with Crippen LogP contribution in [0.2, 0.25) is 0 Å². The van der Waals surface area contributed by atoms with Gasteiger partial charge in [-0.2, -0.15) is 0 Å². The number of anilines is 1. The van der Waals surface area contributed by atoms with Crippen molar-refractivity contribution in [1.29, 1.82) is 0 Å². The first-order valence-electron chi connectivity index (χ1n) is 5.91. The van der Waals surface area contributed by atoms with Crippen LogP contribution in [0, 0.1) is 0 Å². The van der Waals surface area contributed by atoms with E-state index in [-0.39, 0.29) is 12.5 Å². The van der Waals surface area contributed by atoms with Gasteiger partial charge in [-0.25, -0.2) is 0 Å². The fraction of sp³-hybridized carbons (Fsp3) is 0.462. The van der Waals surface area contributed by atoms with Crippen molar-refractivity contribution in [2.45, 2.75) is 32.3 Å². The maximum Gasteiger partial charge on any atom is 0.252 e. The van der Waals surface area contributed by atoms with Crippen LogP contribution in [0.1, 0.15) is 37.0 Å². The molecule has 0 aromatic heterocycles. The summed E-state index contributed by atoms with van der Waals surface area (Å²) in [4.78, 5) is 12.0. The summed E-state index contributed by atoms with van der Waals surface area (Å²) in [6.45, 7) is 3.93. The number of nitrogen functional groups attached to an aromatic ring is 1. The van der Waals surface area contributed by atoms with Crippen molar-refractivity contribution in [3.63, 3.8) is 0 Å². The molecule has 0 fully saturated rings. The average molecular weight is 315 g/mol. The topological polar surface area (TPSA) is 75.3 Å². The van der Waals surface area contributed by atoms with Crippen LogP contribution in [0.5, 0.6) is 0 Å². The minimum atomic E-state index is -0.878. The van der Waals surface area contributed by atoms with E-state index in [2.05, 4.69) is 21.2 Å². The number of nitrogens with two attached hydrogens (primary N) is 1. The summed E-state index contributed by atoms with van der Waals surface area (Å²) in [7, 11) is 0. The predicted octanol–water partition coefficient (Wildman–Crippen LogP) is 2.31. The molecule has 18 heavy (non-hydrogen) atoms. The lowest BCUT2D eigenvalue weighted by atomic mass is 10.0. The smallest absolute Gasteiger partial charge is 0.252 e. The molecule has 0 bridgehead atoms. The summed E-state index contributed by atoms with van der Waals surface area (Å²) in [5.41, 5.74) is 5.77. The number of nitrogens with one attached hydrogen (secondary N) is 1. The molecule has 4 N–H and O–H groups in total. The molecule has 0 heterocycles. The Balaban J connectivity index is 2.69. The first kappa shape index (κ1) is 15.0.